The molecule has 0 amide bonds. The predicted octanol–water partition coefficient (Wildman–Crippen LogP) is 2.16. The maximum atomic E-state index is 12.9. The lowest BCUT2D eigenvalue weighted by molar-refractivity contribution is -0.0268. The van der Waals surface area contributed by atoms with Crippen LogP contribution in [0, 0.1) is 18.2 Å². The Balaban J connectivity index is 1.98. The van der Waals surface area contributed by atoms with Crippen LogP contribution in [0.2, 0.25) is 0 Å². The first-order valence-electron chi connectivity index (χ1n) is 7.06. The SMILES string of the molecule is C#CCN1CN(CCC)CN(Cc2ccc(F)cc2)C1. The number of halogens is 1. The second-order valence-corrected chi connectivity index (χ2v) is 5.31. The van der Waals surface area contributed by atoms with Crippen LogP contribution in [0.5, 0.6) is 0 Å². The lowest BCUT2D eigenvalue weighted by atomic mass is 10.2. The van der Waals surface area contributed by atoms with Crippen molar-refractivity contribution in [1.29, 1.82) is 0 Å². The Morgan fingerprint density at radius 3 is 2.40 bits per heavy atom. The smallest absolute Gasteiger partial charge is 0.123 e. The molecule has 0 bridgehead atoms. The number of rotatable bonds is 5. The highest BCUT2D eigenvalue weighted by Crippen LogP contribution is 2.12. The highest BCUT2D eigenvalue weighted by atomic mass is 19.1. The van der Waals surface area contributed by atoms with Gasteiger partial charge in [0, 0.05) is 13.1 Å². The third-order valence-corrected chi connectivity index (χ3v) is 3.37. The summed E-state index contributed by atoms with van der Waals surface area (Å²) in [4.78, 5) is 6.98. The van der Waals surface area contributed by atoms with E-state index in [1.54, 1.807) is 0 Å². The minimum atomic E-state index is -0.186. The van der Waals surface area contributed by atoms with Crippen molar-refractivity contribution in [2.75, 3.05) is 33.1 Å². The maximum Gasteiger partial charge on any atom is 0.123 e. The summed E-state index contributed by atoms with van der Waals surface area (Å²) >= 11 is 0. The van der Waals surface area contributed by atoms with E-state index >= 15 is 0 Å². The molecule has 0 radical (unpaired) electrons. The number of hydrogen-bond acceptors (Lipinski definition) is 3. The first-order valence-corrected chi connectivity index (χ1v) is 7.06. The van der Waals surface area contributed by atoms with E-state index in [2.05, 4.69) is 27.5 Å². The number of benzene rings is 1. The van der Waals surface area contributed by atoms with Crippen LogP contribution in [-0.4, -0.2) is 47.8 Å². The van der Waals surface area contributed by atoms with E-state index in [4.69, 9.17) is 6.42 Å². The molecule has 1 aliphatic rings. The molecule has 0 aromatic heterocycles. The number of hydrogen-bond donors (Lipinski definition) is 0. The van der Waals surface area contributed by atoms with Crippen molar-refractivity contribution in [1.82, 2.24) is 14.7 Å². The normalized spacial score (nSPS) is 18.1. The van der Waals surface area contributed by atoms with E-state index in [1.807, 2.05) is 12.1 Å². The van der Waals surface area contributed by atoms with E-state index in [0.717, 1.165) is 45.1 Å². The Kier molecular flexibility index (Phi) is 5.54. The van der Waals surface area contributed by atoms with Crippen LogP contribution < -0.4 is 0 Å². The van der Waals surface area contributed by atoms with Crippen LogP contribution >= 0.6 is 0 Å². The zero-order chi connectivity index (χ0) is 14.4. The Morgan fingerprint density at radius 2 is 1.75 bits per heavy atom. The highest BCUT2D eigenvalue weighted by Gasteiger charge is 2.22. The monoisotopic (exact) mass is 275 g/mol. The fourth-order valence-corrected chi connectivity index (χ4v) is 2.62. The molecule has 0 N–H and O–H groups in total. The zero-order valence-corrected chi connectivity index (χ0v) is 12.1. The number of terminal acetylenes is 1. The molecule has 1 aromatic carbocycles. The van der Waals surface area contributed by atoms with Crippen molar-refractivity contribution < 1.29 is 4.39 Å². The van der Waals surface area contributed by atoms with Gasteiger partial charge in [-0.25, -0.2) is 4.39 Å². The van der Waals surface area contributed by atoms with E-state index in [1.165, 1.54) is 12.1 Å². The average Bonchev–Trinajstić information content (AvgIpc) is 2.42. The summed E-state index contributed by atoms with van der Waals surface area (Å²) in [5.41, 5.74) is 1.13. The molecule has 1 fully saturated rings. The summed E-state index contributed by atoms with van der Waals surface area (Å²) in [5.74, 6) is 2.53. The lowest BCUT2D eigenvalue weighted by Crippen LogP contribution is -2.54. The Hall–Kier alpha value is -1.41. The second kappa shape index (κ2) is 7.39. The van der Waals surface area contributed by atoms with E-state index in [0.29, 0.717) is 6.54 Å². The van der Waals surface area contributed by atoms with Gasteiger partial charge in [-0.15, -0.1) is 6.42 Å². The fraction of sp³-hybridized carbons (Fsp3) is 0.500. The lowest BCUT2D eigenvalue weighted by Gasteiger charge is -2.41. The van der Waals surface area contributed by atoms with Gasteiger partial charge in [-0.1, -0.05) is 25.0 Å². The molecular weight excluding hydrogens is 253 g/mol. The van der Waals surface area contributed by atoms with Crippen LogP contribution in [0.15, 0.2) is 24.3 Å². The van der Waals surface area contributed by atoms with Crippen LogP contribution in [-0.2, 0) is 6.54 Å². The molecule has 0 spiro atoms. The molecule has 4 heteroatoms. The largest absolute Gasteiger partial charge is 0.277 e. The predicted molar refractivity (Wildman–Crippen MR) is 79.1 cm³/mol. The third kappa shape index (κ3) is 4.31. The summed E-state index contributed by atoms with van der Waals surface area (Å²) in [6.07, 6.45) is 6.56. The summed E-state index contributed by atoms with van der Waals surface area (Å²) in [5, 5.41) is 0. The summed E-state index contributed by atoms with van der Waals surface area (Å²) < 4.78 is 12.9. The molecule has 0 aliphatic carbocycles. The van der Waals surface area contributed by atoms with Crippen molar-refractivity contribution in [2.24, 2.45) is 0 Å². The van der Waals surface area contributed by atoms with Gasteiger partial charge in [0.05, 0.1) is 26.6 Å². The molecule has 1 aromatic rings. The maximum absolute atomic E-state index is 12.9. The molecule has 1 aliphatic heterocycles. The third-order valence-electron chi connectivity index (χ3n) is 3.37. The van der Waals surface area contributed by atoms with Crippen molar-refractivity contribution >= 4 is 0 Å². The van der Waals surface area contributed by atoms with Crippen LogP contribution in [0.25, 0.3) is 0 Å². The minimum Gasteiger partial charge on any atom is -0.277 e. The van der Waals surface area contributed by atoms with Gasteiger partial charge in [-0.3, -0.25) is 14.7 Å². The van der Waals surface area contributed by atoms with E-state index in [9.17, 15) is 4.39 Å². The van der Waals surface area contributed by atoms with Gasteiger partial charge >= 0.3 is 0 Å². The Bertz CT molecular complexity index is 452. The van der Waals surface area contributed by atoms with Crippen molar-refractivity contribution in [2.45, 2.75) is 19.9 Å². The van der Waals surface area contributed by atoms with Gasteiger partial charge in [0.15, 0.2) is 0 Å². The Morgan fingerprint density at radius 1 is 1.10 bits per heavy atom. The second-order valence-electron chi connectivity index (χ2n) is 5.31. The van der Waals surface area contributed by atoms with Crippen molar-refractivity contribution in [3.8, 4) is 12.3 Å². The van der Waals surface area contributed by atoms with E-state index in [-0.39, 0.29) is 5.82 Å². The zero-order valence-electron chi connectivity index (χ0n) is 12.1. The first-order chi connectivity index (χ1) is 9.71. The van der Waals surface area contributed by atoms with Gasteiger partial charge in [0.2, 0.25) is 0 Å². The molecule has 1 heterocycles. The van der Waals surface area contributed by atoms with E-state index < -0.39 is 0 Å². The van der Waals surface area contributed by atoms with Gasteiger partial charge in [0.25, 0.3) is 0 Å². The molecule has 1 saturated heterocycles. The van der Waals surface area contributed by atoms with Crippen LogP contribution in [0.1, 0.15) is 18.9 Å². The fourth-order valence-electron chi connectivity index (χ4n) is 2.62. The first kappa shape index (κ1) is 15.0. The summed E-state index contributed by atoms with van der Waals surface area (Å²) in [6.45, 7) is 7.47. The number of nitrogens with zero attached hydrogens (tertiary/aromatic N) is 3. The molecule has 20 heavy (non-hydrogen) atoms. The molecule has 3 nitrogen and oxygen atoms in total. The molecule has 2 rings (SSSR count). The standard InChI is InChI=1S/C16H22FN3/c1-3-9-18-12-19(10-4-2)14-20(13-18)11-15-5-7-16(17)8-6-15/h1,5-8H,4,9-14H2,2H3. The van der Waals surface area contributed by atoms with Gasteiger partial charge in [-0.2, -0.15) is 0 Å². The van der Waals surface area contributed by atoms with Crippen molar-refractivity contribution in [3.05, 3.63) is 35.6 Å². The topological polar surface area (TPSA) is 9.72 Å². The molecular formula is C16H22FN3. The van der Waals surface area contributed by atoms with Gasteiger partial charge in [0.1, 0.15) is 5.82 Å². The highest BCUT2D eigenvalue weighted by molar-refractivity contribution is 5.15. The molecule has 108 valence electrons. The van der Waals surface area contributed by atoms with Crippen LogP contribution in [0.4, 0.5) is 4.39 Å². The average molecular weight is 275 g/mol. The quantitative estimate of drug-likeness (QED) is 0.763. The molecule has 0 saturated carbocycles. The molecule has 0 atom stereocenters. The van der Waals surface area contributed by atoms with Crippen molar-refractivity contribution in [3.63, 3.8) is 0 Å². The Labute approximate surface area is 121 Å². The minimum absolute atomic E-state index is 0.186. The van der Waals surface area contributed by atoms with Crippen LogP contribution in [0.3, 0.4) is 0 Å². The van der Waals surface area contributed by atoms with Gasteiger partial charge < -0.3 is 0 Å². The summed E-state index contributed by atoms with van der Waals surface area (Å²) in [6, 6.07) is 6.73. The molecule has 0 unspecified atom stereocenters. The van der Waals surface area contributed by atoms with Gasteiger partial charge in [-0.05, 0) is 24.1 Å². The summed E-state index contributed by atoms with van der Waals surface area (Å²) in [7, 11) is 0.